The van der Waals surface area contributed by atoms with Gasteiger partial charge in [-0.3, -0.25) is 9.59 Å². The molecule has 4 aromatic rings. The molecule has 4 rings (SSSR count). The zero-order chi connectivity index (χ0) is 22.7. The lowest BCUT2D eigenvalue weighted by Gasteiger charge is -2.10. The summed E-state index contributed by atoms with van der Waals surface area (Å²) in [5.41, 5.74) is 9.72. The van der Waals surface area contributed by atoms with Gasteiger partial charge in [-0.1, -0.05) is 59.6 Å². The molecule has 0 radical (unpaired) electrons. The number of amides is 1. The molecule has 0 aliphatic rings. The van der Waals surface area contributed by atoms with Crippen molar-refractivity contribution in [3.63, 3.8) is 0 Å². The van der Waals surface area contributed by atoms with E-state index in [4.69, 9.17) is 17.3 Å². The van der Waals surface area contributed by atoms with E-state index in [0.29, 0.717) is 26.2 Å². The van der Waals surface area contributed by atoms with Crippen molar-refractivity contribution in [1.29, 1.82) is 0 Å². The predicted octanol–water partition coefficient (Wildman–Crippen LogP) is 6.52. The van der Waals surface area contributed by atoms with Gasteiger partial charge < -0.3 is 16.4 Å². The van der Waals surface area contributed by atoms with Crippen LogP contribution in [0.15, 0.2) is 78.9 Å². The molecule has 0 unspecified atom stereocenters. The van der Waals surface area contributed by atoms with Crippen LogP contribution in [-0.4, -0.2) is 11.7 Å². The molecule has 7 heteroatoms. The minimum absolute atomic E-state index is 0.143. The zero-order valence-corrected chi connectivity index (χ0v) is 18.8. The molecule has 0 bridgehead atoms. The molecule has 32 heavy (non-hydrogen) atoms. The molecule has 3 aromatic carbocycles. The number of benzene rings is 3. The summed E-state index contributed by atoms with van der Waals surface area (Å²) in [6.45, 7) is 1.99. The van der Waals surface area contributed by atoms with Crippen LogP contribution in [0.2, 0.25) is 5.02 Å². The Hall–Kier alpha value is -3.61. The minimum Gasteiger partial charge on any atom is -0.397 e. The molecule has 0 saturated heterocycles. The van der Waals surface area contributed by atoms with Gasteiger partial charge in [0.25, 0.3) is 5.91 Å². The number of nitrogens with one attached hydrogen (secondary N) is 2. The van der Waals surface area contributed by atoms with Crippen molar-refractivity contribution in [3.05, 3.63) is 105 Å². The molecule has 4 N–H and O–H groups in total. The van der Waals surface area contributed by atoms with Crippen molar-refractivity contribution in [3.8, 4) is 0 Å². The van der Waals surface area contributed by atoms with Crippen LogP contribution in [-0.2, 0) is 0 Å². The third-order valence-electron chi connectivity index (χ3n) is 4.83. The molecular weight excluding hydrogens is 442 g/mol. The summed E-state index contributed by atoms with van der Waals surface area (Å²) in [5, 5.41) is 7.14. The van der Waals surface area contributed by atoms with Crippen LogP contribution in [0.3, 0.4) is 0 Å². The first kappa shape index (κ1) is 21.6. The summed E-state index contributed by atoms with van der Waals surface area (Å²) in [5.74, 6) is -0.645. The van der Waals surface area contributed by atoms with E-state index < -0.39 is 5.91 Å². The van der Waals surface area contributed by atoms with Gasteiger partial charge >= 0.3 is 0 Å². The van der Waals surface area contributed by atoms with Crippen LogP contribution in [0.4, 0.5) is 22.1 Å². The summed E-state index contributed by atoms with van der Waals surface area (Å²) in [7, 11) is 0. The van der Waals surface area contributed by atoms with Gasteiger partial charge in [-0.2, -0.15) is 0 Å². The molecule has 1 aromatic heterocycles. The summed E-state index contributed by atoms with van der Waals surface area (Å²) in [6, 6.07) is 23.4. The fraction of sp³-hybridized carbons (Fsp3) is 0.0400. The number of carbonyl (C=O) groups excluding carboxylic acids is 2. The van der Waals surface area contributed by atoms with Crippen molar-refractivity contribution >= 4 is 56.7 Å². The topological polar surface area (TPSA) is 84.2 Å². The van der Waals surface area contributed by atoms with Gasteiger partial charge in [0, 0.05) is 22.0 Å². The lowest BCUT2D eigenvalue weighted by Crippen LogP contribution is -2.15. The van der Waals surface area contributed by atoms with Gasteiger partial charge in [-0.05, 0) is 43.3 Å². The molecule has 0 aliphatic heterocycles. The molecule has 0 spiro atoms. The molecule has 160 valence electrons. The van der Waals surface area contributed by atoms with Crippen molar-refractivity contribution in [2.24, 2.45) is 0 Å². The van der Waals surface area contributed by atoms with Gasteiger partial charge in [0.2, 0.25) is 5.78 Å². The van der Waals surface area contributed by atoms with Crippen molar-refractivity contribution in [2.45, 2.75) is 6.92 Å². The number of thiophene rings is 1. The Morgan fingerprint density at radius 3 is 2.16 bits per heavy atom. The van der Waals surface area contributed by atoms with Gasteiger partial charge in [0.15, 0.2) is 0 Å². The van der Waals surface area contributed by atoms with Crippen molar-refractivity contribution in [2.75, 3.05) is 16.4 Å². The summed E-state index contributed by atoms with van der Waals surface area (Å²) < 4.78 is 0. The Labute approximate surface area is 194 Å². The number of halogens is 1. The Morgan fingerprint density at radius 1 is 0.875 bits per heavy atom. The van der Waals surface area contributed by atoms with Gasteiger partial charge in [-0.25, -0.2) is 0 Å². The summed E-state index contributed by atoms with van der Waals surface area (Å²) in [4.78, 5) is 26.6. The third-order valence-corrected chi connectivity index (χ3v) is 6.20. The second kappa shape index (κ2) is 9.26. The summed E-state index contributed by atoms with van der Waals surface area (Å²) >= 11 is 7.10. The van der Waals surface area contributed by atoms with E-state index in [0.717, 1.165) is 22.6 Å². The standard InChI is InChI=1S/C25H20ClN3O2S/c1-15-7-11-19(12-8-15)29-25-20(24(31)28-18-13-9-17(26)10-14-18)21(27)23(32-25)22(30)16-5-3-2-4-6-16/h2-14,29H,27H2,1H3,(H,28,31). The lowest BCUT2D eigenvalue weighted by molar-refractivity contribution is 0.102. The average molecular weight is 462 g/mol. The van der Waals surface area contributed by atoms with E-state index in [-0.39, 0.29) is 17.0 Å². The van der Waals surface area contributed by atoms with E-state index in [1.54, 1.807) is 48.5 Å². The van der Waals surface area contributed by atoms with E-state index in [1.165, 1.54) is 0 Å². The maximum absolute atomic E-state index is 13.2. The molecule has 1 heterocycles. The number of carbonyl (C=O) groups is 2. The minimum atomic E-state index is -0.414. The monoisotopic (exact) mass is 461 g/mol. The van der Waals surface area contributed by atoms with Crippen LogP contribution in [0.25, 0.3) is 0 Å². The van der Waals surface area contributed by atoms with Crippen LogP contribution >= 0.6 is 22.9 Å². The third kappa shape index (κ3) is 4.66. The lowest BCUT2D eigenvalue weighted by atomic mass is 10.1. The van der Waals surface area contributed by atoms with E-state index in [1.807, 2.05) is 37.3 Å². The van der Waals surface area contributed by atoms with Crippen LogP contribution in [0, 0.1) is 6.92 Å². The van der Waals surface area contributed by atoms with Crippen molar-refractivity contribution in [1.82, 2.24) is 0 Å². The highest BCUT2D eigenvalue weighted by Crippen LogP contribution is 2.39. The molecular formula is C25H20ClN3O2S. The Morgan fingerprint density at radius 2 is 1.50 bits per heavy atom. The number of ketones is 1. The summed E-state index contributed by atoms with van der Waals surface area (Å²) in [6.07, 6.45) is 0. The first-order valence-corrected chi connectivity index (χ1v) is 11.0. The maximum atomic E-state index is 13.2. The maximum Gasteiger partial charge on any atom is 0.260 e. The first-order chi connectivity index (χ1) is 15.4. The second-order valence-electron chi connectivity index (χ2n) is 7.20. The number of rotatable bonds is 6. The average Bonchev–Trinajstić information content (AvgIpc) is 3.12. The molecule has 0 fully saturated rings. The molecule has 5 nitrogen and oxygen atoms in total. The first-order valence-electron chi connectivity index (χ1n) is 9.85. The van der Waals surface area contributed by atoms with E-state index >= 15 is 0 Å². The van der Waals surface area contributed by atoms with Crippen LogP contribution < -0.4 is 16.4 Å². The van der Waals surface area contributed by atoms with E-state index in [9.17, 15) is 9.59 Å². The molecule has 1 amide bonds. The highest BCUT2D eigenvalue weighted by atomic mass is 35.5. The van der Waals surface area contributed by atoms with Crippen molar-refractivity contribution < 1.29 is 9.59 Å². The number of hydrogen-bond acceptors (Lipinski definition) is 5. The second-order valence-corrected chi connectivity index (χ2v) is 8.65. The largest absolute Gasteiger partial charge is 0.397 e. The molecule has 0 atom stereocenters. The molecule has 0 aliphatic carbocycles. The number of anilines is 4. The molecule has 0 saturated carbocycles. The van der Waals surface area contributed by atoms with Gasteiger partial charge in [-0.15, -0.1) is 11.3 Å². The Kier molecular flexibility index (Phi) is 6.25. The van der Waals surface area contributed by atoms with Crippen LogP contribution in [0.5, 0.6) is 0 Å². The highest BCUT2D eigenvalue weighted by molar-refractivity contribution is 7.19. The number of nitrogens with two attached hydrogens (primary N) is 1. The normalized spacial score (nSPS) is 10.6. The SMILES string of the molecule is Cc1ccc(Nc2sc(C(=O)c3ccccc3)c(N)c2C(=O)Nc2ccc(Cl)cc2)cc1. The van der Waals surface area contributed by atoms with Crippen LogP contribution in [0.1, 0.15) is 31.2 Å². The smallest absolute Gasteiger partial charge is 0.260 e. The van der Waals surface area contributed by atoms with E-state index in [2.05, 4.69) is 10.6 Å². The quantitative estimate of drug-likeness (QED) is 0.285. The number of nitrogen functional groups attached to an aromatic ring is 1. The van der Waals surface area contributed by atoms with Gasteiger partial charge in [0.1, 0.15) is 9.88 Å². The Balaban J connectivity index is 1.73. The fourth-order valence-corrected chi connectivity index (χ4v) is 4.37. The highest BCUT2D eigenvalue weighted by Gasteiger charge is 2.26. The predicted molar refractivity (Wildman–Crippen MR) is 132 cm³/mol. The Bertz CT molecular complexity index is 1270. The fourth-order valence-electron chi connectivity index (χ4n) is 3.14. The zero-order valence-electron chi connectivity index (χ0n) is 17.2. The number of hydrogen-bond donors (Lipinski definition) is 3. The number of aryl methyl sites for hydroxylation is 1. The van der Waals surface area contributed by atoms with Gasteiger partial charge in [0.05, 0.1) is 11.3 Å².